The fourth-order valence-electron chi connectivity index (χ4n) is 3.67. The molecule has 0 bridgehead atoms. The van der Waals surface area contributed by atoms with Crippen molar-refractivity contribution in [2.45, 2.75) is 64.8 Å². The molecule has 27 heavy (non-hydrogen) atoms. The number of piperidine rings is 1. The van der Waals surface area contributed by atoms with Crippen LogP contribution in [0.4, 0.5) is 0 Å². The minimum atomic E-state index is 0.422. The molecule has 2 aromatic heterocycles. The quantitative estimate of drug-likeness (QED) is 0.605. The largest absolute Gasteiger partial charge is 0.468 e. The first kappa shape index (κ1) is 19.9. The van der Waals surface area contributed by atoms with Crippen LogP contribution in [0.3, 0.4) is 0 Å². The molecule has 0 aromatic carbocycles. The van der Waals surface area contributed by atoms with Gasteiger partial charge in [-0.3, -0.25) is 4.57 Å². The van der Waals surface area contributed by atoms with E-state index in [0.29, 0.717) is 18.6 Å². The maximum absolute atomic E-state index is 5.65. The molecule has 150 valence electrons. The van der Waals surface area contributed by atoms with E-state index in [9.17, 15) is 0 Å². The molecule has 0 spiro atoms. The lowest BCUT2D eigenvalue weighted by Crippen LogP contribution is -2.27. The molecule has 7 nitrogen and oxygen atoms in total. The maximum Gasteiger partial charge on any atom is 0.318 e. The zero-order chi connectivity index (χ0) is 18.9. The fraction of sp³-hybridized carbons (Fsp3) is 0.750. The first-order valence-electron chi connectivity index (χ1n) is 10.4. The Labute approximate surface area is 161 Å². The number of rotatable bonds is 11. The number of imidazole rings is 1. The van der Waals surface area contributed by atoms with Crippen LogP contribution in [0.2, 0.25) is 0 Å². The summed E-state index contributed by atoms with van der Waals surface area (Å²) in [5, 5.41) is 3.44. The molecule has 0 amide bonds. The van der Waals surface area contributed by atoms with Gasteiger partial charge < -0.3 is 14.8 Å². The Morgan fingerprint density at radius 2 is 2.00 bits per heavy atom. The maximum atomic E-state index is 5.65. The second kappa shape index (κ2) is 10.4. The number of hydrogen-bond acceptors (Lipinski definition) is 6. The minimum Gasteiger partial charge on any atom is -0.468 e. The molecule has 3 heterocycles. The van der Waals surface area contributed by atoms with E-state index in [0.717, 1.165) is 42.9 Å². The molecule has 1 saturated heterocycles. The topological polar surface area (TPSA) is 74.1 Å². The van der Waals surface area contributed by atoms with Gasteiger partial charge >= 0.3 is 6.01 Å². The number of ether oxygens (including phenoxy) is 2. The Morgan fingerprint density at radius 3 is 2.78 bits per heavy atom. The Kier molecular flexibility index (Phi) is 7.68. The molecule has 1 N–H and O–H groups in total. The monoisotopic (exact) mass is 375 g/mol. The van der Waals surface area contributed by atoms with E-state index in [-0.39, 0.29) is 0 Å². The number of unbranched alkanes of at least 4 members (excludes halogenated alkanes) is 3. The summed E-state index contributed by atoms with van der Waals surface area (Å²) in [6.07, 6.45) is 11.4. The minimum absolute atomic E-state index is 0.422. The van der Waals surface area contributed by atoms with Gasteiger partial charge in [0.05, 0.1) is 19.9 Å². The van der Waals surface area contributed by atoms with Crippen molar-refractivity contribution in [1.29, 1.82) is 0 Å². The Hall–Kier alpha value is -1.89. The highest BCUT2D eigenvalue weighted by atomic mass is 16.5. The van der Waals surface area contributed by atoms with Crippen LogP contribution < -0.4 is 14.8 Å². The molecule has 7 heteroatoms. The van der Waals surface area contributed by atoms with Gasteiger partial charge in [-0.1, -0.05) is 32.6 Å². The van der Waals surface area contributed by atoms with Gasteiger partial charge in [0.1, 0.15) is 5.52 Å². The molecule has 0 saturated carbocycles. The number of methoxy groups -OCH3 is 1. The standard InChI is InChI=1S/C20H33N5O2/c1-3-4-14-27-19-22-15-17-18(24-19)25(20(23-17)26-2)13-7-5-6-8-16-9-11-21-12-10-16/h15-16,21H,3-14H2,1-2H3. The highest BCUT2D eigenvalue weighted by Crippen LogP contribution is 2.23. The molecular weight excluding hydrogens is 342 g/mol. The van der Waals surface area contributed by atoms with Crippen molar-refractivity contribution in [2.75, 3.05) is 26.8 Å². The molecule has 1 aliphatic heterocycles. The number of hydrogen-bond donors (Lipinski definition) is 1. The van der Waals surface area contributed by atoms with Crippen molar-refractivity contribution in [2.24, 2.45) is 5.92 Å². The van der Waals surface area contributed by atoms with Crippen molar-refractivity contribution in [3.63, 3.8) is 0 Å². The predicted octanol–water partition coefficient (Wildman–Crippen LogP) is 3.57. The Balaban J connectivity index is 1.55. The smallest absolute Gasteiger partial charge is 0.318 e. The van der Waals surface area contributed by atoms with Crippen LogP contribution in [0.15, 0.2) is 6.20 Å². The van der Waals surface area contributed by atoms with Crippen LogP contribution in [0.5, 0.6) is 12.0 Å². The zero-order valence-corrected chi connectivity index (χ0v) is 16.7. The van der Waals surface area contributed by atoms with E-state index in [1.807, 2.05) is 4.57 Å². The van der Waals surface area contributed by atoms with Crippen LogP contribution in [0.25, 0.3) is 11.2 Å². The lowest BCUT2D eigenvalue weighted by molar-refractivity contribution is 0.286. The molecule has 1 fully saturated rings. The molecular formula is C20H33N5O2. The third-order valence-electron chi connectivity index (χ3n) is 5.30. The zero-order valence-electron chi connectivity index (χ0n) is 16.7. The van der Waals surface area contributed by atoms with Crippen molar-refractivity contribution >= 4 is 11.2 Å². The van der Waals surface area contributed by atoms with Crippen molar-refractivity contribution < 1.29 is 9.47 Å². The number of nitrogens with zero attached hydrogens (tertiary/aromatic N) is 4. The van der Waals surface area contributed by atoms with E-state index in [4.69, 9.17) is 9.47 Å². The number of fused-ring (bicyclic) bond motifs is 1. The Bertz CT molecular complexity index is 697. The summed E-state index contributed by atoms with van der Waals surface area (Å²) in [5.41, 5.74) is 1.55. The summed E-state index contributed by atoms with van der Waals surface area (Å²) in [6.45, 7) is 6.01. The van der Waals surface area contributed by atoms with Crippen LogP contribution in [-0.4, -0.2) is 46.3 Å². The number of aromatic nitrogens is 4. The van der Waals surface area contributed by atoms with Crippen LogP contribution in [-0.2, 0) is 6.54 Å². The van der Waals surface area contributed by atoms with Gasteiger partial charge in [0, 0.05) is 6.54 Å². The summed E-state index contributed by atoms with van der Waals surface area (Å²) in [7, 11) is 1.65. The van der Waals surface area contributed by atoms with Crippen molar-refractivity contribution in [1.82, 2.24) is 24.8 Å². The summed E-state index contributed by atoms with van der Waals surface area (Å²) < 4.78 is 13.2. The first-order valence-corrected chi connectivity index (χ1v) is 10.4. The highest BCUT2D eigenvalue weighted by Gasteiger charge is 2.15. The summed E-state index contributed by atoms with van der Waals surface area (Å²) >= 11 is 0. The second-order valence-electron chi connectivity index (χ2n) is 7.36. The van der Waals surface area contributed by atoms with E-state index >= 15 is 0 Å². The lowest BCUT2D eigenvalue weighted by atomic mass is 9.92. The highest BCUT2D eigenvalue weighted by molar-refractivity contribution is 5.71. The Morgan fingerprint density at radius 1 is 1.15 bits per heavy atom. The third kappa shape index (κ3) is 5.54. The van der Waals surface area contributed by atoms with E-state index in [1.54, 1.807) is 13.3 Å². The van der Waals surface area contributed by atoms with Gasteiger partial charge in [0.15, 0.2) is 5.65 Å². The molecule has 2 aromatic rings. The molecule has 0 aliphatic carbocycles. The van der Waals surface area contributed by atoms with E-state index < -0.39 is 0 Å². The normalized spacial score (nSPS) is 15.3. The average Bonchev–Trinajstić information content (AvgIpc) is 3.06. The summed E-state index contributed by atoms with van der Waals surface area (Å²) in [4.78, 5) is 13.3. The molecule has 0 unspecified atom stereocenters. The average molecular weight is 376 g/mol. The first-order chi connectivity index (χ1) is 13.3. The molecule has 0 radical (unpaired) electrons. The van der Waals surface area contributed by atoms with Gasteiger partial charge in [0.25, 0.3) is 6.01 Å². The fourth-order valence-corrected chi connectivity index (χ4v) is 3.67. The van der Waals surface area contributed by atoms with Gasteiger partial charge in [-0.25, -0.2) is 4.98 Å². The van der Waals surface area contributed by atoms with E-state index in [1.165, 1.54) is 45.2 Å². The molecule has 1 aliphatic rings. The van der Waals surface area contributed by atoms with Crippen LogP contribution in [0.1, 0.15) is 58.3 Å². The second-order valence-corrected chi connectivity index (χ2v) is 7.36. The van der Waals surface area contributed by atoms with Crippen LogP contribution in [0, 0.1) is 5.92 Å². The molecule has 0 atom stereocenters. The number of nitrogens with one attached hydrogen (secondary N) is 1. The lowest BCUT2D eigenvalue weighted by Gasteiger charge is -2.22. The van der Waals surface area contributed by atoms with Crippen molar-refractivity contribution in [3.8, 4) is 12.0 Å². The number of aryl methyl sites for hydroxylation is 1. The van der Waals surface area contributed by atoms with Gasteiger partial charge in [0.2, 0.25) is 0 Å². The van der Waals surface area contributed by atoms with Crippen molar-refractivity contribution in [3.05, 3.63) is 6.20 Å². The summed E-state index contributed by atoms with van der Waals surface area (Å²) in [6, 6.07) is 1.02. The summed E-state index contributed by atoms with van der Waals surface area (Å²) in [5.74, 6) is 0.908. The molecule has 3 rings (SSSR count). The van der Waals surface area contributed by atoms with Gasteiger partial charge in [-0.2, -0.15) is 9.97 Å². The van der Waals surface area contributed by atoms with Crippen LogP contribution >= 0.6 is 0 Å². The van der Waals surface area contributed by atoms with Gasteiger partial charge in [-0.15, -0.1) is 0 Å². The predicted molar refractivity (Wildman–Crippen MR) is 106 cm³/mol. The van der Waals surface area contributed by atoms with Gasteiger partial charge in [-0.05, 0) is 44.7 Å². The van der Waals surface area contributed by atoms with E-state index in [2.05, 4.69) is 27.2 Å². The SMILES string of the molecule is CCCCOc1ncc2nc(OC)n(CCCCCC3CCNCC3)c2n1. The third-order valence-corrected chi connectivity index (χ3v) is 5.30.